The Kier molecular flexibility index (Phi) is 7.90. The molecule has 1 heteroatoms. The molecule has 1 aliphatic rings. The molecule has 0 fully saturated rings. The molecular formula is C16H28O. The van der Waals surface area contributed by atoms with E-state index in [9.17, 15) is 0 Å². The minimum absolute atomic E-state index is 0. The van der Waals surface area contributed by atoms with Crippen LogP contribution in [0.4, 0.5) is 0 Å². The van der Waals surface area contributed by atoms with Crippen molar-refractivity contribution in [2.75, 3.05) is 0 Å². The van der Waals surface area contributed by atoms with Gasteiger partial charge in [-0.1, -0.05) is 58.4 Å². The second kappa shape index (κ2) is 8.30. The zero-order valence-corrected chi connectivity index (χ0v) is 11.8. The fraction of sp³-hybridized carbons (Fsp3) is 0.625. The first-order valence-electron chi connectivity index (χ1n) is 6.89. The molecular weight excluding hydrogens is 208 g/mol. The van der Waals surface area contributed by atoms with Gasteiger partial charge in [0.25, 0.3) is 0 Å². The first kappa shape index (κ1) is 16.2. The van der Waals surface area contributed by atoms with Gasteiger partial charge in [-0.3, -0.25) is 0 Å². The number of hydrogen-bond donors (Lipinski definition) is 0. The summed E-state index contributed by atoms with van der Waals surface area (Å²) in [5.41, 5.74) is 3.19. The lowest BCUT2D eigenvalue weighted by Gasteiger charge is -2.15. The first-order valence-corrected chi connectivity index (χ1v) is 6.89. The Bertz CT molecular complexity index is 306. The van der Waals surface area contributed by atoms with Gasteiger partial charge in [0.1, 0.15) is 0 Å². The van der Waals surface area contributed by atoms with Crippen LogP contribution in [0.25, 0.3) is 0 Å². The monoisotopic (exact) mass is 236 g/mol. The van der Waals surface area contributed by atoms with Crippen LogP contribution in [0.15, 0.2) is 24.3 Å². The average Bonchev–Trinajstić information content (AvgIpc) is 2.52. The molecule has 1 nitrogen and oxygen atoms in total. The molecule has 0 amide bonds. The van der Waals surface area contributed by atoms with E-state index < -0.39 is 0 Å². The van der Waals surface area contributed by atoms with Gasteiger partial charge >= 0.3 is 0 Å². The SMILES string of the molecule is CC.CCC1CCc2ccccc2C(C)C1.O. The highest BCUT2D eigenvalue weighted by molar-refractivity contribution is 5.31. The van der Waals surface area contributed by atoms with Crippen LogP contribution in [0.2, 0.25) is 0 Å². The molecule has 0 saturated heterocycles. The highest BCUT2D eigenvalue weighted by Gasteiger charge is 2.19. The maximum Gasteiger partial charge on any atom is -0.0185 e. The average molecular weight is 236 g/mol. The predicted octanol–water partition coefficient (Wildman–Crippen LogP) is 4.35. The van der Waals surface area contributed by atoms with Crippen LogP contribution in [0, 0.1) is 5.92 Å². The van der Waals surface area contributed by atoms with Gasteiger partial charge in [-0.15, -0.1) is 0 Å². The van der Waals surface area contributed by atoms with Crippen molar-refractivity contribution in [1.29, 1.82) is 0 Å². The summed E-state index contributed by atoms with van der Waals surface area (Å²) < 4.78 is 0. The van der Waals surface area contributed by atoms with Crippen molar-refractivity contribution in [3.63, 3.8) is 0 Å². The molecule has 0 saturated carbocycles. The Hall–Kier alpha value is -0.820. The molecule has 1 aliphatic carbocycles. The zero-order chi connectivity index (χ0) is 12.0. The molecule has 0 radical (unpaired) electrons. The van der Waals surface area contributed by atoms with E-state index >= 15 is 0 Å². The van der Waals surface area contributed by atoms with Crippen molar-refractivity contribution in [2.24, 2.45) is 5.92 Å². The summed E-state index contributed by atoms with van der Waals surface area (Å²) >= 11 is 0. The number of rotatable bonds is 1. The number of aryl methyl sites for hydroxylation is 1. The Morgan fingerprint density at radius 3 is 2.47 bits per heavy atom. The van der Waals surface area contributed by atoms with Gasteiger partial charge in [0, 0.05) is 0 Å². The molecule has 0 heterocycles. The molecule has 2 N–H and O–H groups in total. The lowest BCUT2D eigenvalue weighted by molar-refractivity contribution is 0.422. The van der Waals surface area contributed by atoms with Gasteiger partial charge in [-0.25, -0.2) is 0 Å². The van der Waals surface area contributed by atoms with Gasteiger partial charge in [-0.2, -0.15) is 0 Å². The lowest BCUT2D eigenvalue weighted by Crippen LogP contribution is -2.01. The Labute approximate surface area is 107 Å². The van der Waals surface area contributed by atoms with E-state index in [1.54, 1.807) is 11.1 Å². The fourth-order valence-corrected chi connectivity index (χ4v) is 2.72. The summed E-state index contributed by atoms with van der Waals surface area (Å²) in [5, 5.41) is 0. The Balaban J connectivity index is 0.000000811. The highest BCUT2D eigenvalue weighted by Crippen LogP contribution is 2.34. The molecule has 17 heavy (non-hydrogen) atoms. The van der Waals surface area contributed by atoms with Gasteiger partial charge in [0.2, 0.25) is 0 Å². The van der Waals surface area contributed by atoms with Crippen LogP contribution in [-0.2, 0) is 6.42 Å². The van der Waals surface area contributed by atoms with Crippen molar-refractivity contribution < 1.29 is 5.48 Å². The maximum absolute atomic E-state index is 2.38. The number of hydrogen-bond acceptors (Lipinski definition) is 0. The summed E-state index contributed by atoms with van der Waals surface area (Å²) in [6, 6.07) is 8.99. The van der Waals surface area contributed by atoms with E-state index in [1.807, 2.05) is 13.8 Å². The van der Waals surface area contributed by atoms with E-state index in [4.69, 9.17) is 0 Å². The minimum atomic E-state index is 0. The minimum Gasteiger partial charge on any atom is -0.412 e. The maximum atomic E-state index is 2.38. The van der Waals surface area contributed by atoms with Crippen LogP contribution >= 0.6 is 0 Å². The van der Waals surface area contributed by atoms with Gasteiger partial charge in [0.05, 0.1) is 0 Å². The van der Waals surface area contributed by atoms with E-state index in [0.717, 1.165) is 11.8 Å². The Morgan fingerprint density at radius 1 is 1.18 bits per heavy atom. The van der Waals surface area contributed by atoms with Crippen molar-refractivity contribution >= 4 is 0 Å². The largest absolute Gasteiger partial charge is 0.412 e. The topological polar surface area (TPSA) is 31.5 Å². The van der Waals surface area contributed by atoms with Crippen molar-refractivity contribution in [2.45, 2.75) is 59.3 Å². The van der Waals surface area contributed by atoms with Crippen molar-refractivity contribution in [1.82, 2.24) is 0 Å². The van der Waals surface area contributed by atoms with Gasteiger partial charge < -0.3 is 5.48 Å². The lowest BCUT2D eigenvalue weighted by atomic mass is 9.90. The molecule has 1 aromatic rings. The molecule has 0 bridgehead atoms. The second-order valence-corrected chi connectivity index (χ2v) is 4.65. The summed E-state index contributed by atoms with van der Waals surface area (Å²) in [6.07, 6.45) is 5.41. The number of benzene rings is 1. The first-order chi connectivity index (χ1) is 7.81. The second-order valence-electron chi connectivity index (χ2n) is 4.65. The normalized spacial score (nSPS) is 22.4. The van der Waals surface area contributed by atoms with Crippen LogP contribution in [0.1, 0.15) is 64.0 Å². The third kappa shape index (κ3) is 4.16. The van der Waals surface area contributed by atoms with Crippen molar-refractivity contribution in [3.05, 3.63) is 35.4 Å². The molecule has 2 atom stereocenters. The van der Waals surface area contributed by atoms with Gasteiger partial charge in [-0.05, 0) is 42.2 Å². The highest BCUT2D eigenvalue weighted by atomic mass is 16.0. The molecule has 0 aliphatic heterocycles. The van der Waals surface area contributed by atoms with E-state index in [-0.39, 0.29) is 5.48 Å². The van der Waals surface area contributed by atoms with Crippen LogP contribution in [-0.4, -0.2) is 5.48 Å². The molecule has 2 rings (SSSR count). The zero-order valence-electron chi connectivity index (χ0n) is 11.8. The van der Waals surface area contributed by atoms with E-state index in [1.165, 1.54) is 25.7 Å². The van der Waals surface area contributed by atoms with E-state index in [2.05, 4.69) is 38.1 Å². The van der Waals surface area contributed by atoms with Crippen molar-refractivity contribution in [3.8, 4) is 0 Å². The van der Waals surface area contributed by atoms with Crippen LogP contribution in [0.5, 0.6) is 0 Å². The standard InChI is InChI=1S/C14H20.C2H6.H2O/c1-3-12-8-9-13-6-4-5-7-14(13)11(2)10-12;1-2;/h4-7,11-12H,3,8-10H2,1-2H3;1-2H3;1H2. The summed E-state index contributed by atoms with van der Waals surface area (Å²) in [5.74, 6) is 1.70. The molecule has 98 valence electrons. The summed E-state index contributed by atoms with van der Waals surface area (Å²) in [4.78, 5) is 0. The molecule has 0 spiro atoms. The van der Waals surface area contributed by atoms with Crippen LogP contribution < -0.4 is 0 Å². The molecule has 0 aromatic heterocycles. The Morgan fingerprint density at radius 2 is 1.82 bits per heavy atom. The summed E-state index contributed by atoms with van der Waals surface area (Å²) in [7, 11) is 0. The number of fused-ring (bicyclic) bond motifs is 1. The van der Waals surface area contributed by atoms with Gasteiger partial charge in [0.15, 0.2) is 0 Å². The predicted molar refractivity (Wildman–Crippen MR) is 76.5 cm³/mol. The molecule has 1 aromatic carbocycles. The molecule has 2 unspecified atom stereocenters. The van der Waals surface area contributed by atoms with Crippen LogP contribution in [0.3, 0.4) is 0 Å². The third-order valence-corrected chi connectivity index (χ3v) is 3.67. The smallest absolute Gasteiger partial charge is 0.0185 e. The third-order valence-electron chi connectivity index (χ3n) is 3.67. The fourth-order valence-electron chi connectivity index (χ4n) is 2.72. The van der Waals surface area contributed by atoms with E-state index in [0.29, 0.717) is 0 Å². The quantitative estimate of drug-likeness (QED) is 0.649. The summed E-state index contributed by atoms with van der Waals surface area (Å²) in [6.45, 7) is 8.71.